The Kier molecular flexibility index (Phi) is 3.24. The molecule has 0 heterocycles. The summed E-state index contributed by atoms with van der Waals surface area (Å²) in [5.41, 5.74) is 3.93. The van der Waals surface area contributed by atoms with Gasteiger partial charge in [0, 0.05) is 3.57 Å². The van der Waals surface area contributed by atoms with Crippen molar-refractivity contribution in [2.24, 2.45) is 0 Å². The van der Waals surface area contributed by atoms with Crippen molar-refractivity contribution in [3.8, 4) is 0 Å². The van der Waals surface area contributed by atoms with Gasteiger partial charge in [-0.1, -0.05) is 6.42 Å². The van der Waals surface area contributed by atoms with Crippen LogP contribution in [0.5, 0.6) is 0 Å². The number of carboxylic acid groups (broad SMARTS) is 1. The number of benzene rings is 1. The van der Waals surface area contributed by atoms with E-state index in [2.05, 4.69) is 29.5 Å². The lowest BCUT2D eigenvalue weighted by Gasteiger charge is -2.29. The molecule has 2 rings (SSSR count). The van der Waals surface area contributed by atoms with Crippen LogP contribution >= 0.6 is 22.6 Å². The zero-order chi connectivity index (χ0) is 11.9. The molecule has 16 heavy (non-hydrogen) atoms. The van der Waals surface area contributed by atoms with Gasteiger partial charge >= 0.3 is 5.97 Å². The van der Waals surface area contributed by atoms with Crippen LogP contribution in [0.3, 0.4) is 0 Å². The molecule has 0 amide bonds. The van der Waals surface area contributed by atoms with Crippen molar-refractivity contribution in [1.82, 2.24) is 0 Å². The molecular weight excluding hydrogens is 315 g/mol. The summed E-state index contributed by atoms with van der Waals surface area (Å²) < 4.78 is 1.11. The maximum absolute atomic E-state index is 11.1. The van der Waals surface area contributed by atoms with E-state index in [0.717, 1.165) is 9.13 Å². The van der Waals surface area contributed by atoms with Crippen LogP contribution in [0.4, 0.5) is 0 Å². The zero-order valence-electron chi connectivity index (χ0n) is 9.51. The third kappa shape index (κ3) is 1.85. The van der Waals surface area contributed by atoms with Gasteiger partial charge in [0.15, 0.2) is 0 Å². The van der Waals surface area contributed by atoms with Gasteiger partial charge in [0.2, 0.25) is 0 Å². The van der Waals surface area contributed by atoms with Gasteiger partial charge in [-0.15, -0.1) is 0 Å². The third-order valence-electron chi connectivity index (χ3n) is 3.64. The molecular formula is C13H15IO2. The number of aromatic carboxylic acids is 1. The van der Waals surface area contributed by atoms with Crippen LogP contribution in [0, 0.1) is 17.4 Å². The molecule has 3 heteroatoms. The summed E-state index contributed by atoms with van der Waals surface area (Å²) in [5.74, 6) is -0.160. The molecule has 2 nitrogen and oxygen atoms in total. The Morgan fingerprint density at radius 3 is 2.44 bits per heavy atom. The lowest BCUT2D eigenvalue weighted by Crippen LogP contribution is -2.14. The maximum Gasteiger partial charge on any atom is 0.335 e. The Labute approximate surface area is 109 Å². The molecule has 1 saturated carbocycles. The van der Waals surface area contributed by atoms with Gasteiger partial charge in [-0.3, -0.25) is 0 Å². The predicted octanol–water partition coefficient (Wildman–Crippen LogP) is 3.87. The number of carboxylic acids is 1. The third-order valence-corrected chi connectivity index (χ3v) is 4.54. The van der Waals surface area contributed by atoms with Crippen molar-refractivity contribution >= 4 is 28.6 Å². The lowest BCUT2D eigenvalue weighted by molar-refractivity contribution is 0.0696. The molecule has 1 N–H and O–H groups in total. The van der Waals surface area contributed by atoms with Crippen molar-refractivity contribution in [2.75, 3.05) is 0 Å². The second-order valence-corrected chi connectivity index (χ2v) is 5.66. The number of hydrogen-bond acceptors (Lipinski definition) is 1. The normalized spacial score (nSPS) is 15.9. The minimum Gasteiger partial charge on any atom is -0.478 e. The standard InChI is InChI=1S/C13H15IO2/c1-7-8(2)12(9-4-3-5-9)11(14)6-10(7)13(15)16/h6,9H,3-5H2,1-2H3,(H,15,16). The van der Waals surface area contributed by atoms with Crippen molar-refractivity contribution in [3.05, 3.63) is 31.9 Å². The minimum atomic E-state index is -0.821. The SMILES string of the molecule is Cc1c(C(=O)O)cc(I)c(C2CCC2)c1C. The van der Waals surface area contributed by atoms with Crippen molar-refractivity contribution in [3.63, 3.8) is 0 Å². The molecule has 1 fully saturated rings. The van der Waals surface area contributed by atoms with Crippen molar-refractivity contribution in [1.29, 1.82) is 0 Å². The molecule has 1 aromatic rings. The first kappa shape index (κ1) is 11.9. The van der Waals surface area contributed by atoms with E-state index in [1.807, 2.05) is 13.0 Å². The van der Waals surface area contributed by atoms with Crippen LogP contribution in [0.25, 0.3) is 0 Å². The first-order valence-corrected chi connectivity index (χ1v) is 6.63. The van der Waals surface area contributed by atoms with Gasteiger partial charge in [-0.25, -0.2) is 4.79 Å². The maximum atomic E-state index is 11.1. The van der Waals surface area contributed by atoms with E-state index in [1.165, 1.54) is 30.4 Å². The second-order valence-electron chi connectivity index (χ2n) is 4.50. The van der Waals surface area contributed by atoms with Gasteiger partial charge in [0.25, 0.3) is 0 Å². The molecule has 86 valence electrons. The highest BCUT2D eigenvalue weighted by Crippen LogP contribution is 2.41. The van der Waals surface area contributed by atoms with Gasteiger partial charge in [0.1, 0.15) is 0 Å². The highest BCUT2D eigenvalue weighted by atomic mass is 127. The Hall–Kier alpha value is -0.580. The molecule has 0 spiro atoms. The molecule has 1 aliphatic rings. The summed E-state index contributed by atoms with van der Waals surface area (Å²) in [4.78, 5) is 11.1. The molecule has 0 bridgehead atoms. The topological polar surface area (TPSA) is 37.3 Å². The molecule has 0 atom stereocenters. The number of rotatable bonds is 2. The summed E-state index contributed by atoms with van der Waals surface area (Å²) in [6.45, 7) is 3.97. The first-order chi connectivity index (χ1) is 7.52. The summed E-state index contributed by atoms with van der Waals surface area (Å²) in [7, 11) is 0. The highest BCUT2D eigenvalue weighted by Gasteiger charge is 2.25. The van der Waals surface area contributed by atoms with E-state index in [0.29, 0.717) is 11.5 Å². The average Bonchev–Trinajstić information content (AvgIpc) is 2.14. The zero-order valence-corrected chi connectivity index (χ0v) is 11.7. The summed E-state index contributed by atoms with van der Waals surface area (Å²) in [6, 6.07) is 1.82. The fraction of sp³-hybridized carbons (Fsp3) is 0.462. The molecule has 0 aliphatic heterocycles. The average molecular weight is 330 g/mol. The molecule has 0 aromatic heterocycles. The van der Waals surface area contributed by atoms with E-state index >= 15 is 0 Å². The summed E-state index contributed by atoms with van der Waals surface area (Å²) in [6.07, 6.45) is 3.81. The number of halogens is 1. The summed E-state index contributed by atoms with van der Waals surface area (Å²) >= 11 is 2.27. The second kappa shape index (κ2) is 4.35. The van der Waals surface area contributed by atoms with Gasteiger partial charge in [-0.05, 0) is 78.0 Å². The molecule has 1 aromatic carbocycles. The highest BCUT2D eigenvalue weighted by molar-refractivity contribution is 14.1. The van der Waals surface area contributed by atoms with Crippen LogP contribution in [0.1, 0.15) is 52.2 Å². The van der Waals surface area contributed by atoms with E-state index < -0.39 is 5.97 Å². The van der Waals surface area contributed by atoms with E-state index in [9.17, 15) is 4.79 Å². The molecule has 0 saturated heterocycles. The van der Waals surface area contributed by atoms with E-state index in [1.54, 1.807) is 0 Å². The van der Waals surface area contributed by atoms with Crippen LogP contribution < -0.4 is 0 Å². The fourth-order valence-electron chi connectivity index (χ4n) is 2.32. The van der Waals surface area contributed by atoms with Crippen LogP contribution in [-0.4, -0.2) is 11.1 Å². The van der Waals surface area contributed by atoms with E-state index in [-0.39, 0.29) is 0 Å². The molecule has 1 aliphatic carbocycles. The fourth-order valence-corrected chi connectivity index (χ4v) is 3.47. The van der Waals surface area contributed by atoms with Gasteiger partial charge in [-0.2, -0.15) is 0 Å². The molecule has 0 unspecified atom stereocenters. The quantitative estimate of drug-likeness (QED) is 0.836. The van der Waals surface area contributed by atoms with Crippen molar-refractivity contribution in [2.45, 2.75) is 39.0 Å². The Balaban J connectivity index is 2.55. The Morgan fingerprint density at radius 1 is 1.38 bits per heavy atom. The molecule has 0 radical (unpaired) electrons. The first-order valence-electron chi connectivity index (χ1n) is 5.55. The van der Waals surface area contributed by atoms with Gasteiger partial charge in [0.05, 0.1) is 5.56 Å². The van der Waals surface area contributed by atoms with Crippen molar-refractivity contribution < 1.29 is 9.90 Å². The smallest absolute Gasteiger partial charge is 0.335 e. The number of hydrogen-bond donors (Lipinski definition) is 1. The van der Waals surface area contributed by atoms with Crippen LogP contribution in [0.2, 0.25) is 0 Å². The Morgan fingerprint density at radius 2 is 2.00 bits per heavy atom. The van der Waals surface area contributed by atoms with Crippen LogP contribution in [0.15, 0.2) is 6.07 Å². The number of carbonyl (C=O) groups is 1. The monoisotopic (exact) mass is 330 g/mol. The largest absolute Gasteiger partial charge is 0.478 e. The summed E-state index contributed by atoms with van der Waals surface area (Å²) in [5, 5.41) is 9.11. The predicted molar refractivity (Wildman–Crippen MR) is 72.2 cm³/mol. The minimum absolute atomic E-state index is 0.449. The lowest BCUT2D eigenvalue weighted by atomic mass is 9.77. The van der Waals surface area contributed by atoms with Crippen LogP contribution in [-0.2, 0) is 0 Å². The van der Waals surface area contributed by atoms with Gasteiger partial charge < -0.3 is 5.11 Å². The Bertz CT molecular complexity index is 448. The van der Waals surface area contributed by atoms with E-state index in [4.69, 9.17) is 5.11 Å².